The van der Waals surface area contributed by atoms with Gasteiger partial charge in [0, 0.05) is 11.3 Å². The average Bonchev–Trinajstić information content (AvgIpc) is 3.82. The lowest BCUT2D eigenvalue weighted by molar-refractivity contribution is -0.117. The maximum atomic E-state index is 14.3. The number of thiazole rings is 1. The summed E-state index contributed by atoms with van der Waals surface area (Å²) in [6.45, 7) is 4.36. The Hall–Kier alpha value is -4.84. The average molecular weight is 691 g/mol. The molecule has 0 aliphatic carbocycles. The zero-order valence-corrected chi connectivity index (χ0v) is 28.6. The minimum absolute atomic E-state index is 0.0197. The number of ether oxygens (including phenoxy) is 1. The van der Waals surface area contributed by atoms with E-state index in [2.05, 4.69) is 39.4 Å². The van der Waals surface area contributed by atoms with E-state index in [1.54, 1.807) is 6.92 Å². The summed E-state index contributed by atoms with van der Waals surface area (Å²) in [7, 11) is 0. The molecule has 2 aromatic heterocycles. The van der Waals surface area contributed by atoms with E-state index >= 15 is 0 Å². The molecule has 240 valence electrons. The van der Waals surface area contributed by atoms with E-state index in [-0.39, 0.29) is 10.7 Å². The number of ketones is 1. The van der Waals surface area contributed by atoms with Crippen LogP contribution in [-0.2, 0) is 10.5 Å². The fourth-order valence-electron chi connectivity index (χ4n) is 5.67. The summed E-state index contributed by atoms with van der Waals surface area (Å²) in [5, 5.41) is 23.5. The maximum Gasteiger partial charge on any atom is 0.296 e. The molecule has 0 spiro atoms. The number of hydrogen-bond acceptors (Lipinski definition) is 10. The van der Waals surface area contributed by atoms with Crippen LogP contribution in [0.1, 0.15) is 45.9 Å². The largest absolute Gasteiger partial charge is 0.503 e. The Kier molecular flexibility index (Phi) is 9.07. The molecular weight excluding hydrogens is 661 g/mol. The van der Waals surface area contributed by atoms with Crippen molar-refractivity contribution in [2.75, 3.05) is 11.5 Å². The number of aromatic nitrogens is 3. The number of carbonyl (C=O) groups excluding carboxylic acids is 2. The van der Waals surface area contributed by atoms with Gasteiger partial charge in [-0.25, -0.2) is 4.98 Å². The first-order chi connectivity index (χ1) is 23.4. The second-order valence-corrected chi connectivity index (χ2v) is 14.3. The molecule has 4 aromatic carbocycles. The number of fused-ring (bicyclic) bond motifs is 1. The van der Waals surface area contributed by atoms with Gasteiger partial charge in [-0.3, -0.25) is 14.5 Å². The molecule has 6 aromatic rings. The van der Waals surface area contributed by atoms with Gasteiger partial charge >= 0.3 is 0 Å². The van der Waals surface area contributed by atoms with Crippen molar-refractivity contribution >= 4 is 62.0 Å². The molecule has 0 saturated heterocycles. The summed E-state index contributed by atoms with van der Waals surface area (Å²) in [6.07, 6.45) is 0.860. The van der Waals surface area contributed by atoms with Crippen LogP contribution < -0.4 is 9.64 Å². The predicted molar refractivity (Wildman–Crippen MR) is 192 cm³/mol. The van der Waals surface area contributed by atoms with Gasteiger partial charge in [0.05, 0.1) is 28.8 Å². The number of hydrogen-bond donors (Lipinski definition) is 1. The molecule has 0 bridgehead atoms. The molecule has 1 aliphatic rings. The molecule has 1 aliphatic heterocycles. The molecule has 0 saturated carbocycles. The van der Waals surface area contributed by atoms with Crippen LogP contribution in [0, 0.1) is 6.92 Å². The number of aliphatic hydroxyl groups excluding tert-OH is 1. The van der Waals surface area contributed by atoms with Crippen LogP contribution in [0.4, 0.5) is 5.13 Å². The summed E-state index contributed by atoms with van der Waals surface area (Å²) in [5.74, 6) is -0.431. The highest BCUT2D eigenvalue weighted by Crippen LogP contribution is 2.45. The van der Waals surface area contributed by atoms with Crippen molar-refractivity contribution in [1.29, 1.82) is 0 Å². The maximum absolute atomic E-state index is 14.3. The van der Waals surface area contributed by atoms with Crippen LogP contribution in [0.5, 0.6) is 5.75 Å². The van der Waals surface area contributed by atoms with Gasteiger partial charge < -0.3 is 9.84 Å². The van der Waals surface area contributed by atoms with Crippen molar-refractivity contribution in [1.82, 2.24) is 15.2 Å². The zero-order chi connectivity index (χ0) is 33.2. The van der Waals surface area contributed by atoms with Crippen molar-refractivity contribution in [3.05, 3.63) is 130 Å². The number of aryl methyl sites for hydroxylation is 1. The Morgan fingerprint density at radius 1 is 0.938 bits per heavy atom. The quantitative estimate of drug-likeness (QED) is 0.0816. The number of carbonyl (C=O) groups is 2. The smallest absolute Gasteiger partial charge is 0.296 e. The number of nitrogens with zero attached hydrogens (tertiary/aromatic N) is 4. The van der Waals surface area contributed by atoms with Gasteiger partial charge in [0.1, 0.15) is 10.8 Å². The third-order valence-electron chi connectivity index (χ3n) is 7.98. The molecule has 11 heteroatoms. The van der Waals surface area contributed by atoms with Gasteiger partial charge in [-0.15, -0.1) is 21.5 Å². The lowest BCUT2D eigenvalue weighted by Gasteiger charge is -2.24. The number of aliphatic hydroxyl groups is 1. The van der Waals surface area contributed by atoms with E-state index in [0.717, 1.165) is 22.9 Å². The Morgan fingerprint density at radius 2 is 1.69 bits per heavy atom. The minimum atomic E-state index is -0.934. The van der Waals surface area contributed by atoms with Crippen molar-refractivity contribution in [2.24, 2.45) is 0 Å². The van der Waals surface area contributed by atoms with E-state index in [4.69, 9.17) is 4.74 Å². The van der Waals surface area contributed by atoms with Crippen LogP contribution >= 0.6 is 34.4 Å². The SMILES string of the molecule is CCCOc1ccc(C2C(C(=O)c3sc(-c4ccccc4)nc3C)=C(O)C(=O)N2c2nnc(SCc3cccc4ccccc34)s2)cc1. The fourth-order valence-corrected chi connectivity index (χ4v) is 8.56. The molecule has 1 amide bonds. The van der Waals surface area contributed by atoms with Gasteiger partial charge in [0.15, 0.2) is 10.1 Å². The van der Waals surface area contributed by atoms with Crippen molar-refractivity contribution < 1.29 is 19.4 Å². The summed E-state index contributed by atoms with van der Waals surface area (Å²) in [4.78, 5) is 34.6. The molecule has 8 nitrogen and oxygen atoms in total. The lowest BCUT2D eigenvalue weighted by Crippen LogP contribution is -2.31. The summed E-state index contributed by atoms with van der Waals surface area (Å²) >= 11 is 4.02. The van der Waals surface area contributed by atoms with E-state index < -0.39 is 23.5 Å². The van der Waals surface area contributed by atoms with Crippen LogP contribution in [0.15, 0.2) is 113 Å². The monoisotopic (exact) mass is 690 g/mol. The lowest BCUT2D eigenvalue weighted by atomic mass is 9.95. The zero-order valence-electron chi connectivity index (χ0n) is 26.1. The Labute approximate surface area is 289 Å². The number of Topliss-reactive ketones (excluding diaryl/α,β-unsaturated/α-hetero) is 1. The van der Waals surface area contributed by atoms with Gasteiger partial charge in [0.25, 0.3) is 5.91 Å². The fraction of sp³-hybridized carbons (Fsp3) is 0.162. The predicted octanol–water partition coefficient (Wildman–Crippen LogP) is 8.99. The Balaban J connectivity index is 1.22. The van der Waals surface area contributed by atoms with Gasteiger partial charge in [-0.05, 0) is 47.4 Å². The van der Waals surface area contributed by atoms with E-state index in [1.165, 1.54) is 44.7 Å². The van der Waals surface area contributed by atoms with Gasteiger partial charge in [-0.2, -0.15) is 0 Å². The summed E-state index contributed by atoms with van der Waals surface area (Å²) in [5.41, 5.74) is 3.19. The summed E-state index contributed by atoms with van der Waals surface area (Å²) < 4.78 is 6.45. The standard InChI is InChI=1S/C37H30N4O4S3/c1-3-20-45-27-18-16-24(17-19-27)30-29(31(42)33-22(2)38-34(47-33)25-11-5-4-6-12-25)32(43)35(44)41(30)36-39-40-37(48-36)46-21-26-14-9-13-23-10-7-8-15-28(23)26/h4-19,30,43H,3,20-21H2,1-2H3. The van der Waals surface area contributed by atoms with Crippen LogP contribution in [-0.4, -0.2) is 38.6 Å². The Bertz CT molecular complexity index is 2150. The van der Waals surface area contributed by atoms with Crippen LogP contribution in [0.25, 0.3) is 21.3 Å². The van der Waals surface area contributed by atoms with Gasteiger partial charge in [-0.1, -0.05) is 115 Å². The topological polar surface area (TPSA) is 106 Å². The summed E-state index contributed by atoms with van der Waals surface area (Å²) in [6, 6.07) is 30.4. The normalized spacial score (nSPS) is 14.7. The first-order valence-electron chi connectivity index (χ1n) is 15.4. The number of anilines is 1. The molecule has 1 unspecified atom stereocenters. The van der Waals surface area contributed by atoms with E-state index in [0.29, 0.717) is 43.6 Å². The highest BCUT2D eigenvalue weighted by atomic mass is 32.2. The first kappa shape index (κ1) is 31.7. The van der Waals surface area contributed by atoms with Crippen molar-refractivity contribution in [2.45, 2.75) is 36.4 Å². The molecule has 3 heterocycles. The molecule has 0 radical (unpaired) electrons. The number of benzene rings is 4. The number of thioether (sulfide) groups is 1. The molecule has 0 fully saturated rings. The molecule has 1 atom stereocenters. The third-order valence-corrected chi connectivity index (χ3v) is 11.3. The molecule has 1 N–H and O–H groups in total. The molecule has 48 heavy (non-hydrogen) atoms. The first-order valence-corrected chi connectivity index (χ1v) is 18.0. The minimum Gasteiger partial charge on any atom is -0.503 e. The van der Waals surface area contributed by atoms with E-state index in [9.17, 15) is 14.7 Å². The third kappa shape index (κ3) is 6.12. The highest BCUT2D eigenvalue weighted by molar-refractivity contribution is 8.00. The Morgan fingerprint density at radius 3 is 2.48 bits per heavy atom. The molecular formula is C37H30N4O4S3. The van der Waals surface area contributed by atoms with Crippen molar-refractivity contribution in [3.8, 4) is 16.3 Å². The van der Waals surface area contributed by atoms with Crippen molar-refractivity contribution in [3.63, 3.8) is 0 Å². The second-order valence-electron chi connectivity index (χ2n) is 11.2. The van der Waals surface area contributed by atoms with Crippen LogP contribution in [0.3, 0.4) is 0 Å². The second kappa shape index (κ2) is 13.7. The van der Waals surface area contributed by atoms with E-state index in [1.807, 2.05) is 79.7 Å². The number of amides is 1. The van der Waals surface area contributed by atoms with Crippen LogP contribution in [0.2, 0.25) is 0 Å². The highest BCUT2D eigenvalue weighted by Gasteiger charge is 2.46. The molecule has 7 rings (SSSR count). The van der Waals surface area contributed by atoms with Gasteiger partial charge in [0.2, 0.25) is 10.9 Å². The number of rotatable bonds is 11.